The van der Waals surface area contributed by atoms with Crippen molar-refractivity contribution in [2.24, 2.45) is 0 Å². The quantitative estimate of drug-likeness (QED) is 0.499. The summed E-state index contributed by atoms with van der Waals surface area (Å²) in [5.74, 6) is 2.80. The van der Waals surface area contributed by atoms with Crippen molar-refractivity contribution in [3.63, 3.8) is 0 Å². The van der Waals surface area contributed by atoms with Gasteiger partial charge in [-0.15, -0.1) is 0 Å². The average molecular weight is 364 g/mol. The zero-order valence-corrected chi connectivity index (χ0v) is 14.9. The Morgan fingerprint density at radius 2 is 2.17 bits per heavy atom. The summed E-state index contributed by atoms with van der Waals surface area (Å²) in [6.07, 6.45) is 1.69. The lowest BCUT2D eigenvalue weighted by atomic mass is 10.1. The Bertz CT molecular complexity index is 874. The highest BCUT2D eigenvalue weighted by Crippen LogP contribution is 2.25. The molecule has 2 heterocycles. The highest BCUT2D eigenvalue weighted by molar-refractivity contribution is 7.98. The third kappa shape index (κ3) is 4.23. The maximum absolute atomic E-state index is 11.7. The molecule has 0 amide bonds. The van der Waals surface area contributed by atoms with Gasteiger partial charge in [0.15, 0.2) is 0 Å². The zero-order valence-electron chi connectivity index (χ0n) is 13.3. The molecule has 4 nitrogen and oxygen atoms in total. The number of thioether (sulfide) groups is 1. The molecule has 3 aromatic rings. The molecule has 24 heavy (non-hydrogen) atoms. The van der Waals surface area contributed by atoms with Crippen LogP contribution in [0.1, 0.15) is 16.9 Å². The standard InChI is InChI=1S/C18H18ClNO3S/c1-12-7-17-15(9-16(12)19)13(8-18(21)23-17)10-20-4-6-24-11-14-3-2-5-22-14/h2-3,5,7-9,20H,4,6,10-11H2,1H3. The van der Waals surface area contributed by atoms with E-state index in [1.807, 2.05) is 31.2 Å². The summed E-state index contributed by atoms with van der Waals surface area (Å²) in [6.45, 7) is 3.33. The molecule has 0 fully saturated rings. The van der Waals surface area contributed by atoms with Crippen LogP contribution in [0.5, 0.6) is 0 Å². The van der Waals surface area contributed by atoms with E-state index in [1.165, 1.54) is 6.07 Å². The summed E-state index contributed by atoms with van der Waals surface area (Å²) < 4.78 is 10.6. The van der Waals surface area contributed by atoms with E-state index in [0.717, 1.165) is 40.3 Å². The number of fused-ring (bicyclic) bond motifs is 1. The van der Waals surface area contributed by atoms with Gasteiger partial charge in [0.1, 0.15) is 11.3 Å². The molecular formula is C18H18ClNO3S. The van der Waals surface area contributed by atoms with Crippen molar-refractivity contribution in [2.45, 2.75) is 19.2 Å². The van der Waals surface area contributed by atoms with Gasteiger partial charge in [-0.05, 0) is 42.3 Å². The van der Waals surface area contributed by atoms with Gasteiger partial charge in [0.25, 0.3) is 0 Å². The van der Waals surface area contributed by atoms with Gasteiger partial charge in [0, 0.05) is 35.3 Å². The number of aryl methyl sites for hydroxylation is 1. The van der Waals surface area contributed by atoms with Crippen LogP contribution in [0.3, 0.4) is 0 Å². The fraction of sp³-hybridized carbons (Fsp3) is 0.278. The third-order valence-electron chi connectivity index (χ3n) is 3.67. The smallest absolute Gasteiger partial charge is 0.336 e. The van der Waals surface area contributed by atoms with Crippen LogP contribution in [-0.4, -0.2) is 12.3 Å². The minimum Gasteiger partial charge on any atom is -0.468 e. The van der Waals surface area contributed by atoms with Crippen molar-refractivity contribution in [3.05, 3.63) is 68.9 Å². The molecule has 0 aliphatic heterocycles. The predicted molar refractivity (Wildman–Crippen MR) is 98.8 cm³/mol. The molecule has 1 N–H and O–H groups in total. The van der Waals surface area contributed by atoms with Gasteiger partial charge < -0.3 is 14.2 Å². The van der Waals surface area contributed by atoms with Crippen LogP contribution in [0.25, 0.3) is 11.0 Å². The second kappa shape index (κ2) is 7.92. The molecule has 6 heteroatoms. The summed E-state index contributed by atoms with van der Waals surface area (Å²) in [6, 6.07) is 9.06. The SMILES string of the molecule is Cc1cc2oc(=O)cc(CNCCSCc3ccco3)c2cc1Cl. The normalized spacial score (nSPS) is 11.2. The highest BCUT2D eigenvalue weighted by Gasteiger charge is 2.08. The number of nitrogens with one attached hydrogen (secondary N) is 1. The van der Waals surface area contributed by atoms with Crippen molar-refractivity contribution in [1.29, 1.82) is 0 Å². The number of benzene rings is 1. The van der Waals surface area contributed by atoms with E-state index in [-0.39, 0.29) is 5.63 Å². The lowest BCUT2D eigenvalue weighted by molar-refractivity contribution is 0.530. The lowest BCUT2D eigenvalue weighted by Gasteiger charge is -2.08. The number of hydrogen-bond donors (Lipinski definition) is 1. The minimum absolute atomic E-state index is 0.340. The van der Waals surface area contributed by atoms with E-state index in [4.69, 9.17) is 20.4 Å². The van der Waals surface area contributed by atoms with E-state index in [2.05, 4.69) is 5.32 Å². The van der Waals surface area contributed by atoms with E-state index in [1.54, 1.807) is 18.0 Å². The molecule has 0 saturated heterocycles. The van der Waals surface area contributed by atoms with Crippen LogP contribution in [0.15, 0.2) is 50.2 Å². The monoisotopic (exact) mass is 363 g/mol. The van der Waals surface area contributed by atoms with Crippen LogP contribution in [-0.2, 0) is 12.3 Å². The molecule has 2 aromatic heterocycles. The Morgan fingerprint density at radius 3 is 2.96 bits per heavy atom. The van der Waals surface area contributed by atoms with E-state index >= 15 is 0 Å². The van der Waals surface area contributed by atoms with Gasteiger partial charge in [-0.25, -0.2) is 4.79 Å². The molecule has 0 atom stereocenters. The van der Waals surface area contributed by atoms with E-state index in [0.29, 0.717) is 17.2 Å². The topological polar surface area (TPSA) is 55.4 Å². The van der Waals surface area contributed by atoms with Gasteiger partial charge in [-0.1, -0.05) is 11.6 Å². The molecular weight excluding hydrogens is 346 g/mol. The molecule has 1 aromatic carbocycles. The molecule has 3 rings (SSSR count). The van der Waals surface area contributed by atoms with Crippen LogP contribution < -0.4 is 10.9 Å². The molecule has 126 valence electrons. The largest absolute Gasteiger partial charge is 0.468 e. The fourth-order valence-electron chi connectivity index (χ4n) is 2.43. The first-order valence-electron chi connectivity index (χ1n) is 7.67. The molecule has 0 radical (unpaired) electrons. The van der Waals surface area contributed by atoms with Gasteiger partial charge in [-0.3, -0.25) is 0 Å². The summed E-state index contributed by atoms with van der Waals surface area (Å²) in [7, 11) is 0. The summed E-state index contributed by atoms with van der Waals surface area (Å²) >= 11 is 8.00. The maximum Gasteiger partial charge on any atom is 0.336 e. The van der Waals surface area contributed by atoms with Crippen molar-refractivity contribution in [2.75, 3.05) is 12.3 Å². The van der Waals surface area contributed by atoms with Crippen molar-refractivity contribution < 1.29 is 8.83 Å². The van der Waals surface area contributed by atoms with Crippen molar-refractivity contribution in [1.82, 2.24) is 5.32 Å². The van der Waals surface area contributed by atoms with Crippen LogP contribution in [0, 0.1) is 6.92 Å². The highest BCUT2D eigenvalue weighted by atomic mass is 35.5. The van der Waals surface area contributed by atoms with Crippen molar-refractivity contribution >= 4 is 34.3 Å². The fourth-order valence-corrected chi connectivity index (χ4v) is 3.39. The Labute approximate surface area is 149 Å². The molecule has 0 unspecified atom stereocenters. The summed E-state index contributed by atoms with van der Waals surface area (Å²) in [5.41, 5.74) is 2.03. The predicted octanol–water partition coefficient (Wildman–Crippen LogP) is 4.37. The molecule has 0 saturated carbocycles. The summed E-state index contributed by atoms with van der Waals surface area (Å²) in [5, 5.41) is 4.91. The van der Waals surface area contributed by atoms with E-state index < -0.39 is 0 Å². The number of halogens is 1. The first-order chi connectivity index (χ1) is 11.6. The minimum atomic E-state index is -0.340. The van der Waals surface area contributed by atoms with Crippen LogP contribution in [0.4, 0.5) is 0 Å². The van der Waals surface area contributed by atoms with Crippen molar-refractivity contribution in [3.8, 4) is 0 Å². The molecule has 0 aliphatic carbocycles. The average Bonchev–Trinajstić information content (AvgIpc) is 3.05. The first-order valence-corrected chi connectivity index (χ1v) is 9.20. The zero-order chi connectivity index (χ0) is 16.9. The Morgan fingerprint density at radius 1 is 1.29 bits per heavy atom. The first kappa shape index (κ1) is 17.1. The Kier molecular flexibility index (Phi) is 5.66. The van der Waals surface area contributed by atoms with Gasteiger partial charge >= 0.3 is 5.63 Å². The van der Waals surface area contributed by atoms with E-state index in [9.17, 15) is 4.79 Å². The number of hydrogen-bond acceptors (Lipinski definition) is 5. The summed E-state index contributed by atoms with van der Waals surface area (Å²) in [4.78, 5) is 11.7. The van der Waals surface area contributed by atoms with Gasteiger partial charge in [-0.2, -0.15) is 11.8 Å². The Hall–Kier alpha value is -1.69. The molecule has 0 bridgehead atoms. The van der Waals surface area contributed by atoms with Crippen LogP contribution in [0.2, 0.25) is 5.02 Å². The Balaban J connectivity index is 1.58. The van der Waals surface area contributed by atoms with Gasteiger partial charge in [0.2, 0.25) is 0 Å². The lowest BCUT2D eigenvalue weighted by Crippen LogP contribution is -2.18. The maximum atomic E-state index is 11.7. The molecule has 0 aliphatic rings. The number of furan rings is 1. The molecule has 0 spiro atoms. The second-order valence-electron chi connectivity index (χ2n) is 5.50. The van der Waals surface area contributed by atoms with Crippen LogP contribution >= 0.6 is 23.4 Å². The van der Waals surface area contributed by atoms with Gasteiger partial charge in [0.05, 0.1) is 12.0 Å². The third-order valence-corrected chi connectivity index (χ3v) is 5.06. The number of rotatable bonds is 7. The second-order valence-corrected chi connectivity index (χ2v) is 7.01.